The highest BCUT2D eigenvalue weighted by Crippen LogP contribution is 2.41. The fraction of sp³-hybridized carbons (Fsp3) is 0.364. The van der Waals surface area contributed by atoms with Crippen molar-refractivity contribution >= 4 is 23.2 Å². The lowest BCUT2D eigenvalue weighted by Gasteiger charge is -2.17. The normalized spacial score (nSPS) is 14.2. The second-order valence-electron chi connectivity index (χ2n) is 7.64. The molecule has 1 aliphatic heterocycles. The molecule has 0 atom stereocenters. The Morgan fingerprint density at radius 3 is 2.52 bits per heavy atom. The number of carbonyl (C=O) groups excluding carboxylic acids is 2. The van der Waals surface area contributed by atoms with E-state index in [4.69, 9.17) is 9.47 Å². The fourth-order valence-electron chi connectivity index (χ4n) is 3.43. The summed E-state index contributed by atoms with van der Waals surface area (Å²) in [5.41, 5.74) is 3.71. The zero-order valence-corrected chi connectivity index (χ0v) is 17.4. The van der Waals surface area contributed by atoms with Crippen molar-refractivity contribution in [2.75, 3.05) is 31.4 Å². The van der Waals surface area contributed by atoms with E-state index in [1.807, 2.05) is 51.1 Å². The van der Waals surface area contributed by atoms with E-state index in [0.717, 1.165) is 22.4 Å². The quantitative estimate of drug-likeness (QED) is 0.668. The molecule has 0 saturated carbocycles. The van der Waals surface area contributed by atoms with Crippen molar-refractivity contribution in [2.24, 2.45) is 0 Å². The summed E-state index contributed by atoms with van der Waals surface area (Å²) in [4.78, 5) is 24.5. The predicted molar refractivity (Wildman–Crippen MR) is 113 cm³/mol. The number of hydrogen-bond acceptors (Lipinski definition) is 5. The summed E-state index contributed by atoms with van der Waals surface area (Å²) in [7, 11) is 3.18. The Bertz CT molecular complexity index is 953. The van der Waals surface area contributed by atoms with Crippen LogP contribution in [-0.4, -0.2) is 32.6 Å². The lowest BCUT2D eigenvalue weighted by molar-refractivity contribution is -0.119. The molecule has 154 valence electrons. The SMILES string of the molecule is COc1ccc(CNCC(=O)Nc2cc(C)c3c(c2)C(C)(C)C(=O)N3)cc1OC. The summed E-state index contributed by atoms with van der Waals surface area (Å²) in [5.74, 6) is 1.13. The van der Waals surface area contributed by atoms with Gasteiger partial charge in [-0.3, -0.25) is 9.59 Å². The minimum absolute atomic E-state index is 0.0318. The van der Waals surface area contributed by atoms with Crippen LogP contribution >= 0.6 is 0 Å². The van der Waals surface area contributed by atoms with Gasteiger partial charge in [-0.15, -0.1) is 0 Å². The highest BCUT2D eigenvalue weighted by Gasteiger charge is 2.39. The van der Waals surface area contributed by atoms with Crippen LogP contribution in [0.2, 0.25) is 0 Å². The molecular weight excluding hydrogens is 370 g/mol. The van der Waals surface area contributed by atoms with Crippen LogP contribution in [0.3, 0.4) is 0 Å². The van der Waals surface area contributed by atoms with Gasteiger partial charge in [0.1, 0.15) is 0 Å². The van der Waals surface area contributed by atoms with Gasteiger partial charge in [0.05, 0.1) is 26.2 Å². The Labute approximate surface area is 170 Å². The number of anilines is 2. The molecule has 2 amide bonds. The number of rotatable bonds is 7. The van der Waals surface area contributed by atoms with Crippen LogP contribution in [0.25, 0.3) is 0 Å². The third-order valence-electron chi connectivity index (χ3n) is 5.16. The lowest BCUT2D eigenvalue weighted by Crippen LogP contribution is -2.28. The van der Waals surface area contributed by atoms with E-state index in [2.05, 4.69) is 16.0 Å². The Kier molecular flexibility index (Phi) is 5.79. The first kappa shape index (κ1) is 20.7. The van der Waals surface area contributed by atoms with E-state index in [1.165, 1.54) is 0 Å². The summed E-state index contributed by atoms with van der Waals surface area (Å²) in [6.45, 7) is 6.35. The molecule has 7 heteroatoms. The van der Waals surface area contributed by atoms with Crippen LogP contribution < -0.4 is 25.4 Å². The van der Waals surface area contributed by atoms with Crippen molar-refractivity contribution in [1.82, 2.24) is 5.32 Å². The highest BCUT2D eigenvalue weighted by atomic mass is 16.5. The molecule has 3 N–H and O–H groups in total. The maximum Gasteiger partial charge on any atom is 0.238 e. The van der Waals surface area contributed by atoms with Crippen LogP contribution in [0.15, 0.2) is 30.3 Å². The minimum Gasteiger partial charge on any atom is -0.493 e. The largest absolute Gasteiger partial charge is 0.493 e. The maximum absolute atomic E-state index is 12.4. The Morgan fingerprint density at radius 2 is 1.83 bits per heavy atom. The van der Waals surface area contributed by atoms with E-state index in [-0.39, 0.29) is 18.4 Å². The highest BCUT2D eigenvalue weighted by molar-refractivity contribution is 6.07. The van der Waals surface area contributed by atoms with Gasteiger partial charge in [-0.05, 0) is 61.7 Å². The van der Waals surface area contributed by atoms with Gasteiger partial charge in [0.2, 0.25) is 11.8 Å². The number of nitrogens with one attached hydrogen (secondary N) is 3. The molecule has 2 aromatic rings. The number of methoxy groups -OCH3 is 2. The van der Waals surface area contributed by atoms with Crippen molar-refractivity contribution in [3.63, 3.8) is 0 Å². The monoisotopic (exact) mass is 397 g/mol. The average molecular weight is 397 g/mol. The summed E-state index contributed by atoms with van der Waals surface area (Å²) in [6.07, 6.45) is 0. The summed E-state index contributed by atoms with van der Waals surface area (Å²) in [6, 6.07) is 9.36. The van der Waals surface area contributed by atoms with Crippen molar-refractivity contribution in [1.29, 1.82) is 0 Å². The third kappa shape index (κ3) is 4.19. The summed E-state index contributed by atoms with van der Waals surface area (Å²) >= 11 is 0. The molecule has 0 fully saturated rings. The molecule has 2 aromatic carbocycles. The van der Waals surface area contributed by atoms with E-state index in [9.17, 15) is 9.59 Å². The van der Waals surface area contributed by atoms with Gasteiger partial charge in [-0.2, -0.15) is 0 Å². The van der Waals surface area contributed by atoms with Gasteiger partial charge in [0, 0.05) is 17.9 Å². The van der Waals surface area contributed by atoms with E-state index in [1.54, 1.807) is 14.2 Å². The zero-order valence-electron chi connectivity index (χ0n) is 17.4. The Hall–Kier alpha value is -3.06. The number of amides is 2. The van der Waals surface area contributed by atoms with Crippen LogP contribution in [0, 0.1) is 6.92 Å². The number of benzene rings is 2. The molecule has 7 nitrogen and oxygen atoms in total. The molecule has 0 bridgehead atoms. The first-order valence-corrected chi connectivity index (χ1v) is 9.44. The molecule has 1 aliphatic rings. The predicted octanol–water partition coefficient (Wildman–Crippen LogP) is 2.97. The number of aryl methyl sites for hydroxylation is 1. The molecule has 0 unspecified atom stereocenters. The molecule has 1 heterocycles. The molecule has 0 aliphatic carbocycles. The van der Waals surface area contributed by atoms with Crippen molar-refractivity contribution < 1.29 is 19.1 Å². The molecule has 29 heavy (non-hydrogen) atoms. The van der Waals surface area contributed by atoms with Crippen molar-refractivity contribution in [2.45, 2.75) is 32.7 Å². The van der Waals surface area contributed by atoms with Gasteiger partial charge >= 0.3 is 0 Å². The average Bonchev–Trinajstić information content (AvgIpc) is 2.91. The molecule has 0 saturated heterocycles. The maximum atomic E-state index is 12.4. The number of fused-ring (bicyclic) bond motifs is 1. The fourth-order valence-corrected chi connectivity index (χ4v) is 3.43. The summed E-state index contributed by atoms with van der Waals surface area (Å²) < 4.78 is 10.5. The van der Waals surface area contributed by atoms with Gasteiger partial charge in [-0.1, -0.05) is 6.07 Å². The van der Waals surface area contributed by atoms with Gasteiger partial charge in [0.15, 0.2) is 11.5 Å². The minimum atomic E-state index is -0.619. The first-order valence-electron chi connectivity index (χ1n) is 9.44. The first-order chi connectivity index (χ1) is 13.8. The summed E-state index contributed by atoms with van der Waals surface area (Å²) in [5, 5.41) is 8.96. The smallest absolute Gasteiger partial charge is 0.238 e. The Morgan fingerprint density at radius 1 is 1.10 bits per heavy atom. The molecule has 0 radical (unpaired) electrons. The molecule has 0 aromatic heterocycles. The van der Waals surface area contributed by atoms with Crippen molar-refractivity contribution in [3.05, 3.63) is 47.0 Å². The van der Waals surface area contributed by atoms with Gasteiger partial charge < -0.3 is 25.4 Å². The van der Waals surface area contributed by atoms with E-state index >= 15 is 0 Å². The topological polar surface area (TPSA) is 88.7 Å². The second-order valence-corrected chi connectivity index (χ2v) is 7.64. The molecular formula is C22H27N3O4. The molecule has 0 spiro atoms. The van der Waals surface area contributed by atoms with Gasteiger partial charge in [-0.25, -0.2) is 0 Å². The third-order valence-corrected chi connectivity index (χ3v) is 5.16. The van der Waals surface area contributed by atoms with Crippen molar-refractivity contribution in [3.8, 4) is 11.5 Å². The van der Waals surface area contributed by atoms with Gasteiger partial charge in [0.25, 0.3) is 0 Å². The van der Waals surface area contributed by atoms with Crippen LogP contribution in [0.5, 0.6) is 11.5 Å². The Balaban J connectivity index is 1.60. The van der Waals surface area contributed by atoms with Crippen LogP contribution in [-0.2, 0) is 21.5 Å². The van der Waals surface area contributed by atoms with Crippen LogP contribution in [0.1, 0.15) is 30.5 Å². The van der Waals surface area contributed by atoms with Crippen LogP contribution in [0.4, 0.5) is 11.4 Å². The standard InChI is InChI=1S/C22H27N3O4/c1-13-8-15(10-16-20(13)25-21(27)22(16,2)3)24-19(26)12-23-11-14-6-7-17(28-4)18(9-14)29-5/h6-10,23H,11-12H2,1-5H3,(H,24,26)(H,25,27). The number of carbonyl (C=O) groups is 2. The number of hydrogen-bond donors (Lipinski definition) is 3. The lowest BCUT2D eigenvalue weighted by atomic mass is 9.85. The zero-order chi connectivity index (χ0) is 21.2. The molecule has 3 rings (SSSR count). The second kappa shape index (κ2) is 8.13. The number of ether oxygens (including phenoxy) is 2. The van der Waals surface area contributed by atoms with E-state index in [0.29, 0.717) is 23.7 Å². The van der Waals surface area contributed by atoms with E-state index < -0.39 is 5.41 Å².